The van der Waals surface area contributed by atoms with Crippen molar-refractivity contribution in [1.82, 2.24) is 4.40 Å². The summed E-state index contributed by atoms with van der Waals surface area (Å²) < 4.78 is 8.78. The zero-order chi connectivity index (χ0) is 36.3. The van der Waals surface area contributed by atoms with Gasteiger partial charge in [-0.2, -0.15) is 0 Å². The van der Waals surface area contributed by atoms with Gasteiger partial charge in [0.2, 0.25) is 0 Å². The van der Waals surface area contributed by atoms with E-state index in [2.05, 4.69) is 204 Å². The number of aromatic nitrogens is 1. The van der Waals surface area contributed by atoms with Gasteiger partial charge in [0.05, 0.1) is 11.0 Å². The number of nitrogens with zero attached hydrogens (tertiary/aromatic N) is 2. The molecule has 3 heteroatoms. The van der Waals surface area contributed by atoms with E-state index < -0.39 is 0 Å². The van der Waals surface area contributed by atoms with E-state index in [9.17, 15) is 0 Å². The first-order valence-electron chi connectivity index (χ1n) is 18.8. The number of pyridine rings is 1. The molecule has 0 aliphatic carbocycles. The molecule has 0 fully saturated rings. The number of hydrogen-bond donors (Lipinski definition) is 0. The molecule has 0 N–H and O–H groups in total. The van der Waals surface area contributed by atoms with Crippen LogP contribution in [0, 0.1) is 0 Å². The van der Waals surface area contributed by atoms with Crippen molar-refractivity contribution in [3.05, 3.63) is 206 Å². The maximum atomic E-state index is 6.43. The van der Waals surface area contributed by atoms with Crippen LogP contribution in [0.1, 0.15) is 0 Å². The number of rotatable bonds is 6. The second kappa shape index (κ2) is 12.6. The van der Waals surface area contributed by atoms with E-state index in [1.54, 1.807) is 0 Å². The second-order valence-corrected chi connectivity index (χ2v) is 14.2. The molecule has 0 spiro atoms. The fourth-order valence-electron chi connectivity index (χ4n) is 8.36. The van der Waals surface area contributed by atoms with Gasteiger partial charge in [-0.3, -0.25) is 0 Å². The van der Waals surface area contributed by atoms with Crippen LogP contribution in [0.2, 0.25) is 0 Å². The van der Waals surface area contributed by atoms with Crippen LogP contribution in [0.15, 0.2) is 211 Å². The van der Waals surface area contributed by atoms with E-state index in [0.717, 1.165) is 39.0 Å². The van der Waals surface area contributed by atoms with Gasteiger partial charge in [-0.15, -0.1) is 0 Å². The molecule has 3 nitrogen and oxygen atoms in total. The molecule has 0 unspecified atom stereocenters. The Labute approximate surface area is 318 Å². The SMILES string of the molecule is c1ccc(-c2ccc(-c3ccc(N(c4ccc5c(c4)oc4ccccc45)c4ccc5ccn6c7ccccc7c(-c7ccccc7)c6c5c4)cc3)cc2)cc1. The average Bonchev–Trinajstić information content (AvgIpc) is 3.80. The molecule has 0 atom stereocenters. The lowest BCUT2D eigenvalue weighted by atomic mass is 9.99. The van der Waals surface area contributed by atoms with Crippen molar-refractivity contribution >= 4 is 66.2 Å². The van der Waals surface area contributed by atoms with E-state index in [1.165, 1.54) is 60.6 Å². The quantitative estimate of drug-likeness (QED) is 0.172. The minimum atomic E-state index is 0.867. The number of furan rings is 1. The summed E-state index contributed by atoms with van der Waals surface area (Å²) in [5.74, 6) is 0. The molecule has 0 saturated carbocycles. The topological polar surface area (TPSA) is 20.8 Å². The van der Waals surface area contributed by atoms with E-state index in [-0.39, 0.29) is 0 Å². The third-order valence-corrected chi connectivity index (χ3v) is 11.0. The predicted octanol–water partition coefficient (Wildman–Crippen LogP) is 14.6. The van der Waals surface area contributed by atoms with Gasteiger partial charge in [0, 0.05) is 56.4 Å². The first kappa shape index (κ1) is 31.2. The number of anilines is 3. The van der Waals surface area contributed by atoms with Crippen LogP contribution in [-0.4, -0.2) is 4.40 Å². The van der Waals surface area contributed by atoms with Crippen LogP contribution < -0.4 is 4.90 Å². The summed E-state index contributed by atoms with van der Waals surface area (Å²) >= 11 is 0. The van der Waals surface area contributed by atoms with Crippen LogP contribution in [-0.2, 0) is 0 Å². The Morgan fingerprint density at radius 2 is 0.909 bits per heavy atom. The summed E-state index contributed by atoms with van der Waals surface area (Å²) in [6.07, 6.45) is 2.21. The molecule has 0 radical (unpaired) electrons. The fourth-order valence-corrected chi connectivity index (χ4v) is 8.36. The van der Waals surface area contributed by atoms with Crippen molar-refractivity contribution in [3.8, 4) is 33.4 Å². The molecule has 0 amide bonds. The molecule has 0 aliphatic heterocycles. The molecule has 258 valence electrons. The van der Waals surface area contributed by atoms with Gasteiger partial charge >= 0.3 is 0 Å². The highest BCUT2D eigenvalue weighted by molar-refractivity contribution is 6.15. The largest absolute Gasteiger partial charge is 0.456 e. The summed E-state index contributed by atoms with van der Waals surface area (Å²) in [5.41, 5.74) is 14.6. The summed E-state index contributed by atoms with van der Waals surface area (Å²) in [6.45, 7) is 0. The number of fused-ring (bicyclic) bond motifs is 8. The third-order valence-electron chi connectivity index (χ3n) is 11.0. The van der Waals surface area contributed by atoms with Crippen molar-refractivity contribution in [2.45, 2.75) is 0 Å². The van der Waals surface area contributed by atoms with Crippen LogP contribution in [0.25, 0.3) is 82.5 Å². The van der Waals surface area contributed by atoms with E-state index >= 15 is 0 Å². The van der Waals surface area contributed by atoms with Gasteiger partial charge in [0.25, 0.3) is 0 Å². The molecule has 3 heterocycles. The van der Waals surface area contributed by atoms with Gasteiger partial charge in [0.1, 0.15) is 11.2 Å². The maximum Gasteiger partial charge on any atom is 0.137 e. The molecule has 3 aromatic heterocycles. The highest BCUT2D eigenvalue weighted by atomic mass is 16.3. The van der Waals surface area contributed by atoms with Crippen LogP contribution in [0.3, 0.4) is 0 Å². The fraction of sp³-hybridized carbons (Fsp3) is 0. The Balaban J connectivity index is 1.09. The van der Waals surface area contributed by atoms with Crippen molar-refractivity contribution in [2.24, 2.45) is 0 Å². The molecule has 0 aliphatic rings. The van der Waals surface area contributed by atoms with E-state index in [1.807, 2.05) is 12.1 Å². The Morgan fingerprint density at radius 3 is 1.65 bits per heavy atom. The lowest BCUT2D eigenvalue weighted by Gasteiger charge is -2.26. The Bertz CT molecular complexity index is 3180. The van der Waals surface area contributed by atoms with E-state index in [0.29, 0.717) is 0 Å². The van der Waals surface area contributed by atoms with Gasteiger partial charge in [-0.25, -0.2) is 0 Å². The summed E-state index contributed by atoms with van der Waals surface area (Å²) in [4.78, 5) is 2.35. The van der Waals surface area contributed by atoms with Crippen molar-refractivity contribution in [2.75, 3.05) is 4.90 Å². The summed E-state index contributed by atoms with van der Waals surface area (Å²) in [5, 5.41) is 5.87. The first-order chi connectivity index (χ1) is 27.3. The molecule has 11 rings (SSSR count). The van der Waals surface area contributed by atoms with Gasteiger partial charge in [0.15, 0.2) is 0 Å². The highest BCUT2D eigenvalue weighted by Crippen LogP contribution is 2.43. The van der Waals surface area contributed by atoms with Crippen molar-refractivity contribution in [1.29, 1.82) is 0 Å². The Kier molecular flexibility index (Phi) is 7.17. The zero-order valence-electron chi connectivity index (χ0n) is 29.9. The molecule has 8 aromatic carbocycles. The monoisotopic (exact) mass is 702 g/mol. The molecular formula is C52H34N2O. The normalized spacial score (nSPS) is 11.6. The van der Waals surface area contributed by atoms with Crippen LogP contribution >= 0.6 is 0 Å². The molecule has 55 heavy (non-hydrogen) atoms. The average molecular weight is 703 g/mol. The zero-order valence-corrected chi connectivity index (χ0v) is 29.9. The summed E-state index contributed by atoms with van der Waals surface area (Å²) in [7, 11) is 0. The van der Waals surface area contributed by atoms with Crippen molar-refractivity contribution < 1.29 is 4.42 Å². The standard InChI is InChI=1S/C52H34N2O/c1-3-11-35(12-4-1)36-19-21-37(22-20-36)38-23-26-41(27-24-38)54(43-29-30-45-44-15-8-10-18-49(44)55-50(45)34-43)42-28-25-39-31-32-53-48-17-9-7-16-46(48)51(52(53)47(39)33-42)40-13-5-2-6-14-40/h1-34H. The Morgan fingerprint density at radius 1 is 0.364 bits per heavy atom. The summed E-state index contributed by atoms with van der Waals surface area (Å²) in [6, 6.07) is 71.7. The van der Waals surface area contributed by atoms with Gasteiger partial charge in [-0.1, -0.05) is 140 Å². The minimum Gasteiger partial charge on any atom is -0.456 e. The van der Waals surface area contributed by atoms with Gasteiger partial charge in [-0.05, 0) is 87.8 Å². The third kappa shape index (κ3) is 5.20. The van der Waals surface area contributed by atoms with Crippen LogP contribution in [0.4, 0.5) is 17.1 Å². The lowest BCUT2D eigenvalue weighted by Crippen LogP contribution is -2.10. The van der Waals surface area contributed by atoms with Crippen LogP contribution in [0.5, 0.6) is 0 Å². The molecule has 11 aromatic rings. The molecule has 0 bridgehead atoms. The van der Waals surface area contributed by atoms with E-state index in [4.69, 9.17) is 4.42 Å². The second-order valence-electron chi connectivity index (χ2n) is 14.2. The highest BCUT2D eigenvalue weighted by Gasteiger charge is 2.20. The first-order valence-corrected chi connectivity index (χ1v) is 18.8. The predicted molar refractivity (Wildman–Crippen MR) is 231 cm³/mol. The number of para-hydroxylation sites is 2. The molecule has 0 saturated heterocycles. The Hall–Kier alpha value is -7.36. The minimum absolute atomic E-state index is 0.867. The maximum absolute atomic E-state index is 6.43. The van der Waals surface area contributed by atoms with Gasteiger partial charge < -0.3 is 13.7 Å². The number of hydrogen-bond acceptors (Lipinski definition) is 2. The molecular weight excluding hydrogens is 669 g/mol. The number of benzene rings is 8. The van der Waals surface area contributed by atoms with Crippen molar-refractivity contribution in [3.63, 3.8) is 0 Å². The lowest BCUT2D eigenvalue weighted by molar-refractivity contribution is 0.669. The smallest absolute Gasteiger partial charge is 0.137 e.